The van der Waals surface area contributed by atoms with E-state index in [0.29, 0.717) is 24.2 Å². The molecular weight excluding hydrogens is 480 g/mol. The summed E-state index contributed by atoms with van der Waals surface area (Å²) in [5, 5.41) is 4.50. The second-order valence-electron chi connectivity index (χ2n) is 10.1. The maximum Gasteiger partial charge on any atom is 0.225 e. The number of methoxy groups -OCH3 is 1. The van der Waals surface area contributed by atoms with Crippen LogP contribution < -0.4 is 10.1 Å². The maximum atomic E-state index is 12.6. The van der Waals surface area contributed by atoms with Crippen molar-refractivity contribution in [2.24, 2.45) is 5.92 Å². The number of hydrogen-bond donors (Lipinski definition) is 1. The molecule has 1 saturated carbocycles. The van der Waals surface area contributed by atoms with Gasteiger partial charge < -0.3 is 19.4 Å². The highest BCUT2D eigenvalue weighted by Crippen LogP contribution is 2.33. The van der Waals surface area contributed by atoms with Crippen molar-refractivity contribution in [2.45, 2.75) is 31.7 Å². The van der Waals surface area contributed by atoms with Crippen molar-refractivity contribution in [1.82, 2.24) is 24.4 Å². The van der Waals surface area contributed by atoms with Crippen molar-refractivity contribution >= 4 is 33.9 Å². The zero-order valence-corrected chi connectivity index (χ0v) is 21.1. The third kappa shape index (κ3) is 4.13. The van der Waals surface area contributed by atoms with Crippen LogP contribution in [0, 0.1) is 5.92 Å². The van der Waals surface area contributed by atoms with Crippen LogP contribution in [0.15, 0.2) is 65.4 Å². The van der Waals surface area contributed by atoms with Crippen molar-refractivity contribution in [3.05, 3.63) is 61.0 Å². The molecule has 38 heavy (non-hydrogen) atoms. The number of anilines is 1. The second kappa shape index (κ2) is 9.16. The predicted molar refractivity (Wildman–Crippen MR) is 144 cm³/mol. The summed E-state index contributed by atoms with van der Waals surface area (Å²) in [5.74, 6) is 3.27. The molecule has 9 heteroatoms. The fraction of sp³-hybridized carbons (Fsp3) is 0.310. The van der Waals surface area contributed by atoms with E-state index < -0.39 is 0 Å². The van der Waals surface area contributed by atoms with Gasteiger partial charge in [-0.05, 0) is 68.1 Å². The van der Waals surface area contributed by atoms with Crippen LogP contribution in [0.4, 0.5) is 5.95 Å². The molecule has 192 valence electrons. The molecule has 0 spiro atoms. The molecule has 1 atom stereocenters. The summed E-state index contributed by atoms with van der Waals surface area (Å²) in [7, 11) is 1.66. The molecule has 1 N–H and O–H groups in total. The lowest BCUT2D eigenvalue weighted by atomic mass is 10.1. The summed E-state index contributed by atoms with van der Waals surface area (Å²) in [6.07, 6.45) is 7.45. The van der Waals surface area contributed by atoms with E-state index in [1.165, 1.54) is 0 Å². The zero-order valence-electron chi connectivity index (χ0n) is 21.1. The van der Waals surface area contributed by atoms with Crippen LogP contribution in [0.5, 0.6) is 5.75 Å². The minimum absolute atomic E-state index is 0.115. The Bertz CT molecular complexity index is 1650. The maximum absolute atomic E-state index is 12.6. The van der Waals surface area contributed by atoms with Gasteiger partial charge in [-0.25, -0.2) is 9.97 Å². The monoisotopic (exact) mass is 508 g/mol. The molecule has 9 nitrogen and oxygen atoms in total. The molecule has 0 radical (unpaired) electrons. The van der Waals surface area contributed by atoms with Gasteiger partial charge in [0.15, 0.2) is 0 Å². The molecule has 2 aromatic carbocycles. The van der Waals surface area contributed by atoms with Crippen molar-refractivity contribution in [2.75, 3.05) is 25.5 Å². The Balaban J connectivity index is 1.26. The van der Waals surface area contributed by atoms with E-state index in [-0.39, 0.29) is 12.0 Å². The number of nitrogens with zero attached hydrogens (tertiary/aromatic N) is 5. The van der Waals surface area contributed by atoms with Gasteiger partial charge in [-0.15, -0.1) is 0 Å². The molecule has 1 aliphatic carbocycles. The lowest BCUT2D eigenvalue weighted by Crippen LogP contribution is -2.45. The number of ether oxygens (including phenoxy) is 1. The smallest absolute Gasteiger partial charge is 0.225 e. The van der Waals surface area contributed by atoms with E-state index >= 15 is 0 Å². The van der Waals surface area contributed by atoms with Crippen molar-refractivity contribution in [3.8, 4) is 23.0 Å². The van der Waals surface area contributed by atoms with E-state index in [2.05, 4.69) is 16.4 Å². The van der Waals surface area contributed by atoms with Crippen LogP contribution >= 0.6 is 0 Å². The van der Waals surface area contributed by atoms with Crippen LogP contribution in [0.3, 0.4) is 0 Å². The third-order valence-electron chi connectivity index (χ3n) is 7.44. The zero-order chi connectivity index (χ0) is 25.6. The predicted octanol–water partition coefficient (Wildman–Crippen LogP) is 5.05. The standard InChI is InChI=1S/C29H28N6O3/c1-37-22-7-8-23-24(16-22)35(27(32-23)20-6-9-25-19(15-20)11-14-38-25)26-10-12-30-29(33-26)31-21-3-2-13-34(17-21)28(36)18-4-5-18/h6-12,14-16,18,21H,2-5,13,17H2,1H3,(H,30,31,33). The Morgan fingerprint density at radius 2 is 2.00 bits per heavy atom. The summed E-state index contributed by atoms with van der Waals surface area (Å²) in [4.78, 5) is 29.0. The number of carbonyl (C=O) groups is 1. The summed E-state index contributed by atoms with van der Waals surface area (Å²) < 4.78 is 13.1. The number of hydrogen-bond acceptors (Lipinski definition) is 7. The Labute approximate surface area is 219 Å². The number of piperidine rings is 1. The number of imidazole rings is 1. The average molecular weight is 509 g/mol. The summed E-state index contributed by atoms with van der Waals surface area (Å²) in [5.41, 5.74) is 3.50. The molecule has 0 bridgehead atoms. The first-order chi connectivity index (χ1) is 18.7. The van der Waals surface area contributed by atoms with Gasteiger partial charge in [0.25, 0.3) is 0 Å². The second-order valence-corrected chi connectivity index (χ2v) is 10.1. The number of rotatable bonds is 6. The minimum Gasteiger partial charge on any atom is -0.497 e. The number of benzene rings is 2. The Morgan fingerprint density at radius 3 is 2.87 bits per heavy atom. The topological polar surface area (TPSA) is 98.3 Å². The molecule has 5 aromatic rings. The Hall–Kier alpha value is -4.40. The molecule has 1 unspecified atom stereocenters. The lowest BCUT2D eigenvalue weighted by molar-refractivity contribution is -0.133. The molecule has 4 heterocycles. The molecule has 1 amide bonds. The molecular formula is C29H28N6O3. The van der Waals surface area contributed by atoms with Crippen LogP contribution in [0.2, 0.25) is 0 Å². The minimum atomic E-state index is 0.115. The van der Waals surface area contributed by atoms with Crippen LogP contribution in [-0.2, 0) is 4.79 Å². The fourth-order valence-electron chi connectivity index (χ4n) is 5.32. The SMILES string of the molecule is COc1ccc2nc(-c3ccc4occc4c3)n(-c3ccnc(NC4CCCN(C(=O)C5CC5)C4)n3)c2c1. The van der Waals surface area contributed by atoms with E-state index in [0.717, 1.165) is 71.4 Å². The first-order valence-electron chi connectivity index (χ1n) is 13.1. The largest absolute Gasteiger partial charge is 0.497 e. The van der Waals surface area contributed by atoms with E-state index in [4.69, 9.17) is 19.1 Å². The number of aromatic nitrogens is 4. The quantitative estimate of drug-likeness (QED) is 0.343. The summed E-state index contributed by atoms with van der Waals surface area (Å²) in [6, 6.07) is 15.8. The van der Waals surface area contributed by atoms with Crippen molar-refractivity contribution in [3.63, 3.8) is 0 Å². The Kier molecular flexibility index (Phi) is 5.49. The number of likely N-dealkylation sites (tertiary alicyclic amines) is 1. The normalized spacial score (nSPS) is 17.7. The van der Waals surface area contributed by atoms with Gasteiger partial charge in [-0.3, -0.25) is 9.36 Å². The van der Waals surface area contributed by atoms with Gasteiger partial charge in [0.2, 0.25) is 11.9 Å². The number of amides is 1. The van der Waals surface area contributed by atoms with E-state index in [1.54, 1.807) is 19.6 Å². The number of nitrogens with one attached hydrogen (secondary N) is 1. The van der Waals surface area contributed by atoms with E-state index in [1.807, 2.05) is 51.9 Å². The first kappa shape index (κ1) is 22.8. The summed E-state index contributed by atoms with van der Waals surface area (Å²) in [6.45, 7) is 1.52. The fourth-order valence-corrected chi connectivity index (χ4v) is 5.32. The van der Waals surface area contributed by atoms with Gasteiger partial charge in [0.1, 0.15) is 23.0 Å². The highest BCUT2D eigenvalue weighted by Gasteiger charge is 2.35. The molecule has 2 aliphatic rings. The summed E-state index contributed by atoms with van der Waals surface area (Å²) >= 11 is 0. The number of carbonyl (C=O) groups excluding carboxylic acids is 1. The molecule has 3 aromatic heterocycles. The van der Waals surface area contributed by atoms with Gasteiger partial charge >= 0.3 is 0 Å². The van der Waals surface area contributed by atoms with Gasteiger partial charge in [0.05, 0.1) is 24.4 Å². The Morgan fingerprint density at radius 1 is 1.08 bits per heavy atom. The lowest BCUT2D eigenvalue weighted by Gasteiger charge is -2.33. The van der Waals surface area contributed by atoms with Crippen LogP contribution in [0.1, 0.15) is 25.7 Å². The molecule has 7 rings (SSSR count). The first-order valence-corrected chi connectivity index (χ1v) is 13.1. The highest BCUT2D eigenvalue weighted by molar-refractivity contribution is 5.87. The number of furan rings is 1. The van der Waals surface area contributed by atoms with Gasteiger partial charge in [-0.1, -0.05) is 0 Å². The van der Waals surface area contributed by atoms with Crippen molar-refractivity contribution < 1.29 is 13.9 Å². The third-order valence-corrected chi connectivity index (χ3v) is 7.44. The molecule has 1 saturated heterocycles. The highest BCUT2D eigenvalue weighted by atomic mass is 16.5. The van der Waals surface area contributed by atoms with E-state index in [9.17, 15) is 4.79 Å². The van der Waals surface area contributed by atoms with Crippen molar-refractivity contribution in [1.29, 1.82) is 0 Å². The van der Waals surface area contributed by atoms with Crippen LogP contribution in [0.25, 0.3) is 39.2 Å². The molecule has 1 aliphatic heterocycles. The average Bonchev–Trinajstić information content (AvgIpc) is 3.57. The van der Waals surface area contributed by atoms with Gasteiger partial charge in [0, 0.05) is 48.3 Å². The van der Waals surface area contributed by atoms with Crippen LogP contribution in [-0.4, -0.2) is 56.6 Å². The van der Waals surface area contributed by atoms with Gasteiger partial charge in [-0.2, -0.15) is 4.98 Å². The molecule has 2 fully saturated rings. The number of fused-ring (bicyclic) bond motifs is 2.